The summed E-state index contributed by atoms with van der Waals surface area (Å²) in [6, 6.07) is 8.53. The van der Waals surface area contributed by atoms with Crippen LogP contribution in [-0.2, 0) is 12.8 Å². The number of rotatable bonds is 4. The van der Waals surface area contributed by atoms with Gasteiger partial charge in [-0.05, 0) is 54.9 Å². The number of anilines is 1. The van der Waals surface area contributed by atoms with Gasteiger partial charge < -0.3 is 10.1 Å². The van der Waals surface area contributed by atoms with Crippen LogP contribution in [0.3, 0.4) is 0 Å². The van der Waals surface area contributed by atoms with E-state index in [1.54, 1.807) is 13.3 Å². The minimum Gasteiger partial charge on any atom is -0.481 e. The van der Waals surface area contributed by atoms with Gasteiger partial charge in [-0.3, -0.25) is 0 Å². The van der Waals surface area contributed by atoms with Gasteiger partial charge in [0.05, 0.1) is 7.11 Å². The van der Waals surface area contributed by atoms with Gasteiger partial charge in [-0.2, -0.15) is 0 Å². The number of hydrogen-bond donors (Lipinski definition) is 1. The minimum atomic E-state index is 0.658. The molecule has 0 aliphatic heterocycles. The van der Waals surface area contributed by atoms with Crippen LogP contribution in [0.4, 0.5) is 5.69 Å². The molecular weight excluding hydrogens is 296 g/mol. The Kier molecular flexibility index (Phi) is 6.65. The summed E-state index contributed by atoms with van der Waals surface area (Å²) in [4.78, 5) is 4.19. The first-order valence-corrected chi connectivity index (χ1v) is 8.95. The number of aryl methyl sites for hydroxylation is 1. The highest BCUT2D eigenvalue weighted by Gasteiger charge is 2.18. The van der Waals surface area contributed by atoms with Gasteiger partial charge in [0.2, 0.25) is 5.88 Å². The van der Waals surface area contributed by atoms with Crippen molar-refractivity contribution in [3.05, 3.63) is 41.6 Å². The first-order chi connectivity index (χ1) is 11.6. The Morgan fingerprint density at radius 3 is 2.58 bits per heavy atom. The Morgan fingerprint density at radius 1 is 1.17 bits per heavy atom. The largest absolute Gasteiger partial charge is 0.481 e. The molecule has 3 rings (SSSR count). The van der Waals surface area contributed by atoms with E-state index < -0.39 is 0 Å². The third kappa shape index (κ3) is 4.50. The van der Waals surface area contributed by atoms with Crippen molar-refractivity contribution in [1.82, 2.24) is 4.98 Å². The number of fused-ring (bicyclic) bond motifs is 1. The number of hydrogen-bond acceptors (Lipinski definition) is 3. The van der Waals surface area contributed by atoms with E-state index in [1.165, 1.54) is 41.6 Å². The molecule has 0 amide bonds. The molecule has 1 aromatic heterocycles. The Hall–Kier alpha value is -2.03. The molecular formula is C21H30N2O. The molecule has 1 N–H and O–H groups in total. The number of aromatic nitrogens is 1. The fraction of sp³-hybridized carbons (Fsp3) is 0.476. The van der Waals surface area contributed by atoms with Crippen molar-refractivity contribution in [3.8, 4) is 17.0 Å². The molecule has 1 aromatic carbocycles. The lowest BCUT2D eigenvalue weighted by Crippen LogP contribution is -2.03. The summed E-state index contributed by atoms with van der Waals surface area (Å²) in [5.74, 6) is 1.49. The van der Waals surface area contributed by atoms with E-state index in [0.29, 0.717) is 5.88 Å². The van der Waals surface area contributed by atoms with Gasteiger partial charge in [0.15, 0.2) is 0 Å². The van der Waals surface area contributed by atoms with Crippen LogP contribution in [-0.4, -0.2) is 18.6 Å². The summed E-state index contributed by atoms with van der Waals surface area (Å²) < 4.78 is 5.24. The Morgan fingerprint density at radius 2 is 1.92 bits per heavy atom. The van der Waals surface area contributed by atoms with Crippen molar-refractivity contribution in [2.75, 3.05) is 19.0 Å². The summed E-state index contributed by atoms with van der Waals surface area (Å²) in [6.45, 7) is 9.58. The lowest BCUT2D eigenvalue weighted by atomic mass is 9.98. The van der Waals surface area contributed by atoms with Crippen molar-refractivity contribution in [1.29, 1.82) is 0 Å². The molecule has 24 heavy (non-hydrogen) atoms. The van der Waals surface area contributed by atoms with Crippen molar-refractivity contribution < 1.29 is 4.74 Å². The SMILES string of the molecule is CC(C)C.CCNc1c(-c2ccnc(OC)c2)ccc2c1CCC2. The highest BCUT2D eigenvalue weighted by Crippen LogP contribution is 2.37. The fourth-order valence-corrected chi connectivity index (χ4v) is 2.97. The van der Waals surface area contributed by atoms with E-state index >= 15 is 0 Å². The van der Waals surface area contributed by atoms with E-state index in [1.807, 2.05) is 12.1 Å². The second-order valence-corrected chi connectivity index (χ2v) is 6.83. The van der Waals surface area contributed by atoms with Crippen LogP contribution in [0, 0.1) is 5.92 Å². The van der Waals surface area contributed by atoms with Gasteiger partial charge in [-0.25, -0.2) is 4.98 Å². The Bertz CT molecular complexity index is 662. The number of methoxy groups -OCH3 is 1. The summed E-state index contributed by atoms with van der Waals surface area (Å²) >= 11 is 0. The van der Waals surface area contributed by atoms with E-state index in [0.717, 1.165) is 18.0 Å². The molecule has 0 radical (unpaired) electrons. The number of benzene rings is 1. The molecule has 0 fully saturated rings. The first kappa shape index (κ1) is 18.3. The summed E-state index contributed by atoms with van der Waals surface area (Å²) in [5, 5.41) is 3.55. The topological polar surface area (TPSA) is 34.2 Å². The number of nitrogens with zero attached hydrogens (tertiary/aromatic N) is 1. The molecule has 1 aliphatic carbocycles. The highest BCUT2D eigenvalue weighted by atomic mass is 16.5. The van der Waals surface area contributed by atoms with Crippen LogP contribution in [0.5, 0.6) is 5.88 Å². The van der Waals surface area contributed by atoms with Crippen LogP contribution in [0.2, 0.25) is 0 Å². The predicted molar refractivity (Wildman–Crippen MR) is 103 cm³/mol. The normalized spacial score (nSPS) is 12.4. The van der Waals surface area contributed by atoms with E-state index in [4.69, 9.17) is 4.74 Å². The summed E-state index contributed by atoms with van der Waals surface area (Å²) in [6.07, 6.45) is 5.44. The standard InChI is InChI=1S/C17H20N2O.C4H10/c1-3-18-17-14-6-4-5-12(14)7-8-15(17)13-9-10-19-16(11-13)20-2;1-4(2)3/h7-11,18H,3-6H2,1-2H3;4H,1-3H3. The number of ether oxygens (including phenoxy) is 1. The zero-order valence-corrected chi connectivity index (χ0v) is 15.6. The van der Waals surface area contributed by atoms with Crippen molar-refractivity contribution >= 4 is 5.69 Å². The van der Waals surface area contributed by atoms with Crippen molar-refractivity contribution in [2.24, 2.45) is 5.92 Å². The quantitative estimate of drug-likeness (QED) is 0.823. The average molecular weight is 326 g/mol. The molecule has 0 saturated carbocycles. The Balaban J connectivity index is 0.000000471. The summed E-state index contributed by atoms with van der Waals surface area (Å²) in [5.41, 5.74) is 6.66. The molecule has 3 heteroatoms. The molecule has 0 bridgehead atoms. The second-order valence-electron chi connectivity index (χ2n) is 6.83. The minimum absolute atomic E-state index is 0.658. The number of nitrogens with one attached hydrogen (secondary N) is 1. The molecule has 0 spiro atoms. The molecule has 0 atom stereocenters. The fourth-order valence-electron chi connectivity index (χ4n) is 2.97. The van der Waals surface area contributed by atoms with Gasteiger partial charge in [0.25, 0.3) is 0 Å². The average Bonchev–Trinajstić information content (AvgIpc) is 3.04. The molecule has 1 heterocycles. The van der Waals surface area contributed by atoms with Crippen molar-refractivity contribution in [2.45, 2.75) is 47.0 Å². The van der Waals surface area contributed by atoms with Crippen LogP contribution in [0.15, 0.2) is 30.5 Å². The van der Waals surface area contributed by atoms with Crippen LogP contribution in [0.25, 0.3) is 11.1 Å². The van der Waals surface area contributed by atoms with Gasteiger partial charge in [0, 0.05) is 30.1 Å². The lowest BCUT2D eigenvalue weighted by molar-refractivity contribution is 0.398. The molecule has 1 aliphatic rings. The van der Waals surface area contributed by atoms with Crippen LogP contribution >= 0.6 is 0 Å². The van der Waals surface area contributed by atoms with Gasteiger partial charge in [0.1, 0.15) is 0 Å². The smallest absolute Gasteiger partial charge is 0.213 e. The van der Waals surface area contributed by atoms with Gasteiger partial charge in [-0.15, -0.1) is 0 Å². The van der Waals surface area contributed by atoms with Gasteiger partial charge in [-0.1, -0.05) is 32.9 Å². The predicted octanol–water partition coefficient (Wildman–Crippen LogP) is 5.34. The zero-order valence-electron chi connectivity index (χ0n) is 15.6. The molecule has 2 aromatic rings. The van der Waals surface area contributed by atoms with Crippen LogP contribution in [0.1, 0.15) is 45.2 Å². The molecule has 3 nitrogen and oxygen atoms in total. The molecule has 0 saturated heterocycles. The molecule has 0 unspecified atom stereocenters. The summed E-state index contributed by atoms with van der Waals surface area (Å²) in [7, 11) is 1.65. The maximum Gasteiger partial charge on any atom is 0.213 e. The van der Waals surface area contributed by atoms with E-state index in [9.17, 15) is 0 Å². The maximum atomic E-state index is 5.24. The van der Waals surface area contributed by atoms with Crippen molar-refractivity contribution in [3.63, 3.8) is 0 Å². The first-order valence-electron chi connectivity index (χ1n) is 8.95. The third-order valence-electron chi connectivity index (χ3n) is 3.89. The number of pyridine rings is 1. The lowest BCUT2D eigenvalue weighted by Gasteiger charge is -2.16. The third-order valence-corrected chi connectivity index (χ3v) is 3.89. The maximum absolute atomic E-state index is 5.24. The van der Waals surface area contributed by atoms with E-state index in [-0.39, 0.29) is 0 Å². The Labute approximate surface area is 146 Å². The second kappa shape index (κ2) is 8.72. The monoisotopic (exact) mass is 326 g/mol. The molecule has 130 valence electrons. The zero-order chi connectivity index (χ0) is 17.5. The highest BCUT2D eigenvalue weighted by molar-refractivity contribution is 5.82. The van der Waals surface area contributed by atoms with Gasteiger partial charge >= 0.3 is 0 Å². The van der Waals surface area contributed by atoms with E-state index in [2.05, 4.69) is 50.1 Å². The van der Waals surface area contributed by atoms with Crippen LogP contribution < -0.4 is 10.1 Å².